The number of nitrogens with one attached hydrogen (secondary N) is 1. The number of benzene rings is 1. The second-order valence-corrected chi connectivity index (χ2v) is 4.28. The molecule has 0 heterocycles. The van der Waals surface area contributed by atoms with Gasteiger partial charge >= 0.3 is 0 Å². The molecule has 0 spiro atoms. The van der Waals surface area contributed by atoms with Gasteiger partial charge in [-0.05, 0) is 24.6 Å². The standard InChI is InChI=1S/C12H13BrFN/c1-3-4-9(2)15-8-10-5-6-11(14)7-12(10)13/h1,5-7,9,15H,4,8H2,2H3. The summed E-state index contributed by atoms with van der Waals surface area (Å²) in [7, 11) is 0. The van der Waals surface area contributed by atoms with E-state index >= 15 is 0 Å². The van der Waals surface area contributed by atoms with Crippen LogP contribution in [0.4, 0.5) is 4.39 Å². The number of terminal acetylenes is 1. The Morgan fingerprint density at radius 1 is 1.60 bits per heavy atom. The summed E-state index contributed by atoms with van der Waals surface area (Å²) in [5.74, 6) is 2.36. The summed E-state index contributed by atoms with van der Waals surface area (Å²) in [5, 5.41) is 3.27. The Kier molecular flexibility index (Phi) is 4.80. The van der Waals surface area contributed by atoms with Crippen LogP contribution in [-0.2, 0) is 6.54 Å². The first-order valence-corrected chi connectivity index (χ1v) is 5.53. The van der Waals surface area contributed by atoms with Crippen LogP contribution < -0.4 is 5.32 Å². The minimum absolute atomic E-state index is 0.234. The predicted octanol–water partition coefficient (Wildman–Crippen LogP) is 3.09. The van der Waals surface area contributed by atoms with Crippen molar-refractivity contribution in [2.75, 3.05) is 0 Å². The average molecular weight is 270 g/mol. The molecule has 1 aromatic carbocycles. The minimum atomic E-state index is -0.234. The Hall–Kier alpha value is -0.850. The molecule has 1 unspecified atom stereocenters. The third-order valence-corrected chi connectivity index (χ3v) is 2.82. The van der Waals surface area contributed by atoms with Crippen LogP contribution in [0.1, 0.15) is 18.9 Å². The highest BCUT2D eigenvalue weighted by Gasteiger charge is 2.03. The van der Waals surface area contributed by atoms with Gasteiger partial charge in [-0.1, -0.05) is 22.0 Å². The number of hydrogen-bond acceptors (Lipinski definition) is 1. The van der Waals surface area contributed by atoms with Crippen LogP contribution in [0.5, 0.6) is 0 Å². The molecule has 1 aromatic rings. The van der Waals surface area contributed by atoms with E-state index in [2.05, 4.69) is 27.2 Å². The van der Waals surface area contributed by atoms with Crippen LogP contribution in [0.25, 0.3) is 0 Å². The van der Waals surface area contributed by atoms with Gasteiger partial charge in [0, 0.05) is 23.5 Å². The lowest BCUT2D eigenvalue weighted by Gasteiger charge is -2.11. The molecular weight excluding hydrogens is 257 g/mol. The molecule has 0 aliphatic rings. The first kappa shape index (κ1) is 12.2. The second-order valence-electron chi connectivity index (χ2n) is 3.43. The Bertz CT molecular complexity index is 370. The quantitative estimate of drug-likeness (QED) is 0.829. The van der Waals surface area contributed by atoms with Gasteiger partial charge in [0.2, 0.25) is 0 Å². The second kappa shape index (κ2) is 5.89. The van der Waals surface area contributed by atoms with Crippen molar-refractivity contribution < 1.29 is 4.39 Å². The maximum absolute atomic E-state index is 12.8. The lowest BCUT2D eigenvalue weighted by Crippen LogP contribution is -2.25. The van der Waals surface area contributed by atoms with Crippen molar-refractivity contribution >= 4 is 15.9 Å². The molecule has 80 valence electrons. The fraction of sp³-hybridized carbons (Fsp3) is 0.333. The Morgan fingerprint density at radius 2 is 2.33 bits per heavy atom. The summed E-state index contributed by atoms with van der Waals surface area (Å²) in [6.45, 7) is 2.71. The van der Waals surface area contributed by atoms with Crippen LogP contribution >= 0.6 is 15.9 Å². The fourth-order valence-corrected chi connectivity index (χ4v) is 1.69. The van der Waals surface area contributed by atoms with Gasteiger partial charge in [0.25, 0.3) is 0 Å². The molecule has 0 aromatic heterocycles. The molecule has 0 aliphatic heterocycles. The van der Waals surface area contributed by atoms with E-state index in [1.807, 2.05) is 6.92 Å². The molecule has 1 N–H and O–H groups in total. The van der Waals surface area contributed by atoms with E-state index < -0.39 is 0 Å². The molecule has 1 rings (SSSR count). The molecule has 1 nitrogen and oxygen atoms in total. The first-order valence-electron chi connectivity index (χ1n) is 4.74. The number of halogens is 2. The van der Waals surface area contributed by atoms with E-state index in [0.29, 0.717) is 13.0 Å². The topological polar surface area (TPSA) is 12.0 Å². The maximum Gasteiger partial charge on any atom is 0.124 e. The Balaban J connectivity index is 2.55. The van der Waals surface area contributed by atoms with Crippen LogP contribution in [0, 0.1) is 18.2 Å². The summed E-state index contributed by atoms with van der Waals surface area (Å²) >= 11 is 3.32. The number of rotatable bonds is 4. The van der Waals surface area contributed by atoms with Gasteiger partial charge in [0.1, 0.15) is 5.82 Å². The van der Waals surface area contributed by atoms with Crippen molar-refractivity contribution in [1.82, 2.24) is 5.32 Å². The van der Waals surface area contributed by atoms with Gasteiger partial charge in [-0.3, -0.25) is 0 Å². The van der Waals surface area contributed by atoms with Gasteiger partial charge < -0.3 is 5.32 Å². The molecule has 3 heteroatoms. The first-order chi connectivity index (χ1) is 7.13. The largest absolute Gasteiger partial charge is 0.309 e. The van der Waals surface area contributed by atoms with Gasteiger partial charge in [-0.2, -0.15) is 0 Å². The van der Waals surface area contributed by atoms with Gasteiger partial charge in [0.05, 0.1) is 0 Å². The van der Waals surface area contributed by atoms with Crippen LogP contribution in [0.2, 0.25) is 0 Å². The van der Waals surface area contributed by atoms with E-state index in [1.165, 1.54) is 12.1 Å². The lowest BCUT2D eigenvalue weighted by atomic mass is 10.2. The lowest BCUT2D eigenvalue weighted by molar-refractivity contribution is 0.557. The molecule has 0 aliphatic carbocycles. The highest BCUT2D eigenvalue weighted by molar-refractivity contribution is 9.10. The summed E-state index contributed by atoms with van der Waals surface area (Å²) in [6.07, 6.45) is 5.89. The van der Waals surface area contributed by atoms with E-state index in [9.17, 15) is 4.39 Å². The molecular formula is C12H13BrFN. The zero-order chi connectivity index (χ0) is 11.3. The summed E-state index contributed by atoms with van der Waals surface area (Å²) in [4.78, 5) is 0. The van der Waals surface area contributed by atoms with E-state index in [-0.39, 0.29) is 11.9 Å². The minimum Gasteiger partial charge on any atom is -0.309 e. The van der Waals surface area contributed by atoms with Crippen molar-refractivity contribution in [3.63, 3.8) is 0 Å². The molecule has 0 amide bonds. The zero-order valence-corrected chi connectivity index (χ0v) is 10.1. The average Bonchev–Trinajstić information content (AvgIpc) is 2.17. The molecule has 0 radical (unpaired) electrons. The highest BCUT2D eigenvalue weighted by atomic mass is 79.9. The molecule has 0 fully saturated rings. The van der Waals surface area contributed by atoms with Crippen molar-refractivity contribution in [1.29, 1.82) is 0 Å². The summed E-state index contributed by atoms with van der Waals surface area (Å²) in [5.41, 5.74) is 1.03. The van der Waals surface area contributed by atoms with Crippen molar-refractivity contribution in [3.8, 4) is 12.3 Å². The summed E-state index contributed by atoms with van der Waals surface area (Å²) in [6, 6.07) is 4.94. The van der Waals surface area contributed by atoms with Crippen molar-refractivity contribution in [2.45, 2.75) is 25.9 Å². The maximum atomic E-state index is 12.8. The molecule has 15 heavy (non-hydrogen) atoms. The predicted molar refractivity (Wildman–Crippen MR) is 63.9 cm³/mol. The molecule has 0 bridgehead atoms. The third kappa shape index (κ3) is 4.03. The van der Waals surface area contributed by atoms with Crippen molar-refractivity contribution in [2.24, 2.45) is 0 Å². The molecule has 0 saturated carbocycles. The van der Waals surface area contributed by atoms with Gasteiger partial charge in [-0.15, -0.1) is 12.3 Å². The van der Waals surface area contributed by atoms with E-state index in [4.69, 9.17) is 6.42 Å². The summed E-state index contributed by atoms with van der Waals surface area (Å²) < 4.78 is 13.6. The fourth-order valence-electron chi connectivity index (χ4n) is 1.20. The monoisotopic (exact) mass is 269 g/mol. The van der Waals surface area contributed by atoms with E-state index in [0.717, 1.165) is 10.0 Å². The van der Waals surface area contributed by atoms with Gasteiger partial charge in [0.15, 0.2) is 0 Å². The SMILES string of the molecule is C#CCC(C)NCc1ccc(F)cc1Br. The zero-order valence-electron chi connectivity index (χ0n) is 8.56. The Morgan fingerprint density at radius 3 is 2.93 bits per heavy atom. The molecule has 0 saturated heterocycles. The normalized spacial score (nSPS) is 12.1. The van der Waals surface area contributed by atoms with Crippen LogP contribution in [-0.4, -0.2) is 6.04 Å². The highest BCUT2D eigenvalue weighted by Crippen LogP contribution is 2.17. The smallest absolute Gasteiger partial charge is 0.124 e. The van der Waals surface area contributed by atoms with Crippen LogP contribution in [0.15, 0.2) is 22.7 Å². The Labute approximate surface area is 98.2 Å². The van der Waals surface area contributed by atoms with E-state index in [1.54, 1.807) is 6.07 Å². The van der Waals surface area contributed by atoms with Gasteiger partial charge in [-0.25, -0.2) is 4.39 Å². The third-order valence-electron chi connectivity index (χ3n) is 2.08. The van der Waals surface area contributed by atoms with Crippen molar-refractivity contribution in [3.05, 3.63) is 34.1 Å². The molecule has 1 atom stereocenters. The van der Waals surface area contributed by atoms with Crippen LogP contribution in [0.3, 0.4) is 0 Å². The number of hydrogen-bond donors (Lipinski definition) is 1.